The first-order valence-electron chi connectivity index (χ1n) is 3.65. The van der Waals surface area contributed by atoms with E-state index in [4.69, 9.17) is 25.5 Å². The van der Waals surface area contributed by atoms with Gasteiger partial charge in [0, 0.05) is 0 Å². The van der Waals surface area contributed by atoms with Gasteiger partial charge in [0.2, 0.25) is 5.79 Å². The standard InChI is InChI=1S/C6H12O7/c7-1-6(12)4(10)2(8)3(9)5(11)13-6/h2-5,7-12H,1H2/t2-,3+,4+,5?,6?/m1/s1. The zero-order valence-corrected chi connectivity index (χ0v) is 6.61. The van der Waals surface area contributed by atoms with Gasteiger partial charge >= 0.3 is 0 Å². The molecule has 0 radical (unpaired) electrons. The number of ether oxygens (including phenoxy) is 1. The van der Waals surface area contributed by atoms with Crippen molar-refractivity contribution in [2.75, 3.05) is 6.61 Å². The second-order valence-corrected chi connectivity index (χ2v) is 2.94. The highest BCUT2D eigenvalue weighted by atomic mass is 16.7. The lowest BCUT2D eigenvalue weighted by molar-refractivity contribution is -0.390. The highest BCUT2D eigenvalue weighted by Gasteiger charge is 2.52. The Morgan fingerprint density at radius 2 is 1.62 bits per heavy atom. The van der Waals surface area contributed by atoms with Gasteiger partial charge in [-0.05, 0) is 0 Å². The van der Waals surface area contributed by atoms with Gasteiger partial charge in [-0.3, -0.25) is 0 Å². The lowest BCUT2D eigenvalue weighted by Gasteiger charge is -2.42. The Balaban J connectivity index is 2.82. The van der Waals surface area contributed by atoms with E-state index >= 15 is 0 Å². The first-order valence-corrected chi connectivity index (χ1v) is 3.65. The van der Waals surface area contributed by atoms with Crippen LogP contribution in [0.1, 0.15) is 0 Å². The molecule has 0 amide bonds. The van der Waals surface area contributed by atoms with Crippen molar-refractivity contribution in [3.63, 3.8) is 0 Å². The summed E-state index contributed by atoms with van der Waals surface area (Å²) in [6, 6.07) is 0. The van der Waals surface area contributed by atoms with E-state index in [0.717, 1.165) is 0 Å². The average Bonchev–Trinajstić information content (AvgIpc) is 2.12. The van der Waals surface area contributed by atoms with E-state index in [1.807, 2.05) is 0 Å². The predicted molar refractivity (Wildman–Crippen MR) is 37.1 cm³/mol. The van der Waals surface area contributed by atoms with Crippen molar-refractivity contribution in [1.29, 1.82) is 0 Å². The van der Waals surface area contributed by atoms with Gasteiger partial charge in [-0.25, -0.2) is 0 Å². The number of hydrogen-bond acceptors (Lipinski definition) is 7. The van der Waals surface area contributed by atoms with Crippen LogP contribution in [0.2, 0.25) is 0 Å². The Kier molecular flexibility index (Phi) is 2.88. The van der Waals surface area contributed by atoms with Crippen LogP contribution in [0.5, 0.6) is 0 Å². The smallest absolute Gasteiger partial charge is 0.221 e. The zero-order chi connectivity index (χ0) is 10.2. The van der Waals surface area contributed by atoms with Crippen LogP contribution in [-0.2, 0) is 4.74 Å². The molecule has 13 heavy (non-hydrogen) atoms. The Labute approximate surface area is 73.4 Å². The van der Waals surface area contributed by atoms with E-state index in [-0.39, 0.29) is 0 Å². The highest BCUT2D eigenvalue weighted by Crippen LogP contribution is 2.26. The summed E-state index contributed by atoms with van der Waals surface area (Å²) in [7, 11) is 0. The molecule has 0 aromatic carbocycles. The first kappa shape index (κ1) is 10.8. The molecule has 1 rings (SSSR count). The summed E-state index contributed by atoms with van der Waals surface area (Å²) in [5.74, 6) is -2.45. The highest BCUT2D eigenvalue weighted by molar-refractivity contribution is 4.92. The van der Waals surface area contributed by atoms with Crippen LogP contribution < -0.4 is 0 Å². The third-order valence-electron chi connectivity index (χ3n) is 1.98. The molecule has 2 unspecified atom stereocenters. The molecule has 7 heteroatoms. The fourth-order valence-electron chi connectivity index (χ4n) is 1.10. The van der Waals surface area contributed by atoms with E-state index in [9.17, 15) is 5.11 Å². The van der Waals surface area contributed by atoms with Crippen LogP contribution in [0.15, 0.2) is 0 Å². The summed E-state index contributed by atoms with van der Waals surface area (Å²) in [4.78, 5) is 0. The molecule has 1 heterocycles. The summed E-state index contributed by atoms with van der Waals surface area (Å²) >= 11 is 0. The molecule has 6 N–H and O–H groups in total. The minimum absolute atomic E-state index is 1.00. The van der Waals surface area contributed by atoms with E-state index in [2.05, 4.69) is 4.74 Å². The van der Waals surface area contributed by atoms with Crippen LogP contribution in [0, 0.1) is 0 Å². The summed E-state index contributed by atoms with van der Waals surface area (Å²) in [6.45, 7) is -1.00. The molecule has 0 bridgehead atoms. The van der Waals surface area contributed by atoms with Crippen molar-refractivity contribution in [3.05, 3.63) is 0 Å². The maximum atomic E-state index is 9.25. The third kappa shape index (κ3) is 1.67. The topological polar surface area (TPSA) is 131 Å². The fourth-order valence-corrected chi connectivity index (χ4v) is 1.10. The van der Waals surface area contributed by atoms with Crippen molar-refractivity contribution in [2.24, 2.45) is 0 Å². The van der Waals surface area contributed by atoms with Crippen molar-refractivity contribution >= 4 is 0 Å². The molecular formula is C6H12O7. The van der Waals surface area contributed by atoms with Gasteiger partial charge in [-0.2, -0.15) is 0 Å². The molecule has 0 spiro atoms. The normalized spacial score (nSPS) is 52.2. The molecule has 1 aliphatic rings. The predicted octanol–water partition coefficient (Wildman–Crippen LogP) is -3.90. The number of hydrogen-bond donors (Lipinski definition) is 6. The van der Waals surface area contributed by atoms with E-state index in [0.29, 0.717) is 0 Å². The Hall–Kier alpha value is -0.280. The van der Waals surface area contributed by atoms with E-state index in [1.54, 1.807) is 0 Å². The van der Waals surface area contributed by atoms with E-state index in [1.165, 1.54) is 0 Å². The maximum Gasteiger partial charge on any atom is 0.221 e. The SMILES string of the molecule is OCC1(O)OC(O)[C@@H](O)[C@@H](O)[C@@H]1O. The van der Waals surface area contributed by atoms with Gasteiger partial charge < -0.3 is 35.4 Å². The molecule has 1 saturated heterocycles. The minimum atomic E-state index is -2.45. The molecule has 0 aromatic heterocycles. The Morgan fingerprint density at radius 1 is 1.08 bits per heavy atom. The third-order valence-corrected chi connectivity index (χ3v) is 1.98. The molecular weight excluding hydrogens is 184 g/mol. The van der Waals surface area contributed by atoms with Gasteiger partial charge in [0.15, 0.2) is 6.29 Å². The molecule has 1 aliphatic heterocycles. The van der Waals surface area contributed by atoms with Crippen LogP contribution in [0.3, 0.4) is 0 Å². The van der Waals surface area contributed by atoms with Crippen molar-refractivity contribution in [2.45, 2.75) is 30.4 Å². The van der Waals surface area contributed by atoms with Gasteiger partial charge in [-0.1, -0.05) is 0 Å². The summed E-state index contributed by atoms with van der Waals surface area (Å²) < 4.78 is 4.32. The van der Waals surface area contributed by atoms with E-state index < -0.39 is 37.0 Å². The average molecular weight is 196 g/mol. The fraction of sp³-hybridized carbons (Fsp3) is 1.00. The largest absolute Gasteiger partial charge is 0.391 e. The first-order chi connectivity index (χ1) is 5.92. The Morgan fingerprint density at radius 3 is 2.08 bits per heavy atom. The minimum Gasteiger partial charge on any atom is -0.391 e. The van der Waals surface area contributed by atoms with Crippen molar-refractivity contribution in [1.82, 2.24) is 0 Å². The van der Waals surface area contributed by atoms with Crippen molar-refractivity contribution in [3.8, 4) is 0 Å². The zero-order valence-electron chi connectivity index (χ0n) is 6.61. The monoisotopic (exact) mass is 196 g/mol. The van der Waals surface area contributed by atoms with Gasteiger partial charge in [-0.15, -0.1) is 0 Å². The summed E-state index contributed by atoms with van der Waals surface area (Å²) in [6.07, 6.45) is -7.23. The molecule has 78 valence electrons. The molecule has 0 aromatic rings. The molecule has 5 atom stereocenters. The quantitative estimate of drug-likeness (QED) is 0.253. The lowest BCUT2D eigenvalue weighted by Crippen LogP contribution is -2.65. The van der Waals surface area contributed by atoms with Gasteiger partial charge in [0.25, 0.3) is 0 Å². The molecule has 0 aliphatic carbocycles. The van der Waals surface area contributed by atoms with Crippen molar-refractivity contribution < 1.29 is 35.4 Å². The van der Waals surface area contributed by atoms with Crippen LogP contribution in [0.25, 0.3) is 0 Å². The summed E-state index contributed by atoms with van der Waals surface area (Å²) in [5.41, 5.74) is 0. The lowest BCUT2D eigenvalue weighted by atomic mass is 9.96. The van der Waals surface area contributed by atoms with Gasteiger partial charge in [0.05, 0.1) is 6.61 Å². The molecule has 7 nitrogen and oxygen atoms in total. The molecule has 0 saturated carbocycles. The number of aliphatic hydroxyl groups excluding tert-OH is 5. The van der Waals surface area contributed by atoms with Crippen LogP contribution in [-0.4, -0.2) is 67.6 Å². The number of aliphatic hydroxyl groups is 6. The summed E-state index contributed by atoms with van der Waals surface area (Å²) in [5, 5.41) is 53.9. The second kappa shape index (κ2) is 3.46. The van der Waals surface area contributed by atoms with Crippen LogP contribution >= 0.6 is 0 Å². The van der Waals surface area contributed by atoms with Crippen LogP contribution in [0.4, 0.5) is 0 Å². The Bertz CT molecular complexity index is 186. The van der Waals surface area contributed by atoms with Gasteiger partial charge in [0.1, 0.15) is 18.3 Å². The maximum absolute atomic E-state index is 9.25. The molecule has 1 fully saturated rings. The second-order valence-electron chi connectivity index (χ2n) is 2.94. The number of rotatable bonds is 1.